The fourth-order valence-corrected chi connectivity index (χ4v) is 2.18. The number of ether oxygens (including phenoxy) is 2. The molecule has 1 aliphatic rings. The largest absolute Gasteiger partial charge is 0.460 e. The Labute approximate surface area is 91.4 Å². The number of hydrogen-bond acceptors (Lipinski definition) is 3. The van der Waals surface area contributed by atoms with Crippen molar-refractivity contribution in [2.45, 2.75) is 45.3 Å². The molecule has 0 aromatic carbocycles. The average Bonchev–Trinajstić information content (AvgIpc) is 2.20. The van der Waals surface area contributed by atoms with Crippen LogP contribution in [0.1, 0.15) is 33.1 Å². The van der Waals surface area contributed by atoms with Gasteiger partial charge in [0.2, 0.25) is 0 Å². The molecule has 0 saturated heterocycles. The molecular weight excluding hydrogens is 192 g/mol. The lowest BCUT2D eigenvalue weighted by Gasteiger charge is -2.33. The molecule has 0 heterocycles. The zero-order valence-corrected chi connectivity index (χ0v) is 9.73. The Balaban J connectivity index is 2.52. The topological polar surface area (TPSA) is 35.5 Å². The second kappa shape index (κ2) is 5.91. The quantitative estimate of drug-likeness (QED) is 0.532. The van der Waals surface area contributed by atoms with Gasteiger partial charge < -0.3 is 9.47 Å². The van der Waals surface area contributed by atoms with Gasteiger partial charge in [-0.1, -0.05) is 12.2 Å². The van der Waals surface area contributed by atoms with Gasteiger partial charge in [-0.15, -0.1) is 0 Å². The van der Waals surface area contributed by atoms with Gasteiger partial charge in [0.05, 0.1) is 6.10 Å². The molecule has 1 aliphatic carbocycles. The van der Waals surface area contributed by atoms with Crippen LogP contribution in [0.3, 0.4) is 0 Å². The van der Waals surface area contributed by atoms with Crippen molar-refractivity contribution in [3.63, 3.8) is 0 Å². The lowest BCUT2D eigenvalue weighted by molar-refractivity contribution is -0.157. The third-order valence-corrected chi connectivity index (χ3v) is 2.86. The highest BCUT2D eigenvalue weighted by atomic mass is 16.6. The lowest BCUT2D eigenvalue weighted by atomic mass is 9.85. The minimum atomic E-state index is -0.216. The smallest absolute Gasteiger partial charge is 0.302 e. The van der Waals surface area contributed by atoms with Crippen LogP contribution in [0.15, 0.2) is 12.2 Å². The Hall–Kier alpha value is -0.830. The van der Waals surface area contributed by atoms with Crippen molar-refractivity contribution in [3.05, 3.63) is 12.2 Å². The van der Waals surface area contributed by atoms with Gasteiger partial charge in [0, 0.05) is 14.0 Å². The molecule has 0 radical (unpaired) electrons. The van der Waals surface area contributed by atoms with Crippen LogP contribution in [0, 0.1) is 5.92 Å². The molecule has 3 atom stereocenters. The molecule has 0 amide bonds. The second-order valence-corrected chi connectivity index (χ2v) is 4.02. The van der Waals surface area contributed by atoms with Crippen LogP contribution >= 0.6 is 0 Å². The Bertz CT molecular complexity index is 235. The maximum absolute atomic E-state index is 10.9. The van der Waals surface area contributed by atoms with Crippen LogP contribution in [0.2, 0.25) is 0 Å². The summed E-state index contributed by atoms with van der Waals surface area (Å²) in [5, 5.41) is 0. The van der Waals surface area contributed by atoms with E-state index in [4.69, 9.17) is 9.47 Å². The summed E-state index contributed by atoms with van der Waals surface area (Å²) >= 11 is 0. The molecule has 3 nitrogen and oxygen atoms in total. The number of rotatable bonds is 3. The van der Waals surface area contributed by atoms with E-state index in [2.05, 4.69) is 12.2 Å². The second-order valence-electron chi connectivity index (χ2n) is 4.02. The molecule has 1 fully saturated rings. The van der Waals surface area contributed by atoms with Gasteiger partial charge in [-0.3, -0.25) is 4.79 Å². The molecule has 0 N–H and O–H groups in total. The van der Waals surface area contributed by atoms with E-state index in [0.29, 0.717) is 5.92 Å². The zero-order chi connectivity index (χ0) is 11.3. The van der Waals surface area contributed by atoms with E-state index < -0.39 is 0 Å². The van der Waals surface area contributed by atoms with Crippen molar-refractivity contribution in [1.29, 1.82) is 0 Å². The van der Waals surface area contributed by atoms with Gasteiger partial charge in [0.1, 0.15) is 6.10 Å². The standard InChI is InChI=1S/C12H20O3/c1-4-5-10-6-7-11(15-9(2)13)12(8-10)14-3/h4-5,10-12H,6-8H2,1-3H3. The highest BCUT2D eigenvalue weighted by molar-refractivity contribution is 5.66. The van der Waals surface area contributed by atoms with E-state index >= 15 is 0 Å². The van der Waals surface area contributed by atoms with Crippen molar-refractivity contribution >= 4 is 5.97 Å². The van der Waals surface area contributed by atoms with Crippen molar-refractivity contribution in [1.82, 2.24) is 0 Å². The van der Waals surface area contributed by atoms with Crippen molar-refractivity contribution in [2.24, 2.45) is 5.92 Å². The summed E-state index contributed by atoms with van der Waals surface area (Å²) in [7, 11) is 1.68. The van der Waals surface area contributed by atoms with E-state index in [1.54, 1.807) is 7.11 Å². The van der Waals surface area contributed by atoms with E-state index in [0.717, 1.165) is 19.3 Å². The summed E-state index contributed by atoms with van der Waals surface area (Å²) in [6, 6.07) is 0. The van der Waals surface area contributed by atoms with E-state index in [-0.39, 0.29) is 18.2 Å². The highest BCUT2D eigenvalue weighted by Gasteiger charge is 2.31. The van der Waals surface area contributed by atoms with E-state index in [1.807, 2.05) is 6.92 Å². The molecule has 0 bridgehead atoms. The van der Waals surface area contributed by atoms with Crippen LogP contribution in [0.4, 0.5) is 0 Å². The van der Waals surface area contributed by atoms with Gasteiger partial charge >= 0.3 is 5.97 Å². The zero-order valence-electron chi connectivity index (χ0n) is 9.73. The lowest BCUT2D eigenvalue weighted by Crippen LogP contribution is -2.37. The van der Waals surface area contributed by atoms with Gasteiger partial charge in [0.25, 0.3) is 0 Å². The van der Waals surface area contributed by atoms with Crippen molar-refractivity contribution in [2.75, 3.05) is 7.11 Å². The van der Waals surface area contributed by atoms with Gasteiger partial charge in [-0.05, 0) is 32.1 Å². The number of hydrogen-bond donors (Lipinski definition) is 0. The first-order valence-corrected chi connectivity index (χ1v) is 5.50. The Morgan fingerprint density at radius 1 is 1.33 bits per heavy atom. The Morgan fingerprint density at radius 3 is 2.60 bits per heavy atom. The number of allylic oxidation sites excluding steroid dienone is 2. The van der Waals surface area contributed by atoms with Crippen LogP contribution in [0.5, 0.6) is 0 Å². The minimum absolute atomic E-state index is 0.0452. The summed E-state index contributed by atoms with van der Waals surface area (Å²) in [5.74, 6) is 0.346. The number of methoxy groups -OCH3 is 1. The molecule has 0 aliphatic heterocycles. The minimum Gasteiger partial charge on any atom is -0.460 e. The van der Waals surface area contributed by atoms with Gasteiger partial charge in [-0.2, -0.15) is 0 Å². The molecule has 1 saturated carbocycles. The molecule has 1 rings (SSSR count). The summed E-state index contributed by atoms with van der Waals surface area (Å²) in [6.07, 6.45) is 7.17. The first-order chi connectivity index (χ1) is 7.17. The first kappa shape index (κ1) is 12.2. The molecule has 15 heavy (non-hydrogen) atoms. The molecular formula is C12H20O3. The van der Waals surface area contributed by atoms with Crippen molar-refractivity contribution < 1.29 is 14.3 Å². The number of carbonyl (C=O) groups excluding carboxylic acids is 1. The third kappa shape index (κ3) is 3.67. The predicted molar refractivity (Wildman–Crippen MR) is 58.5 cm³/mol. The SMILES string of the molecule is CC=CC1CCC(OC(C)=O)C(OC)C1. The number of esters is 1. The fraction of sp³-hybridized carbons (Fsp3) is 0.750. The molecule has 3 unspecified atom stereocenters. The predicted octanol–water partition coefficient (Wildman–Crippen LogP) is 2.31. The molecule has 0 aromatic heterocycles. The van der Waals surface area contributed by atoms with Crippen LogP contribution in [-0.4, -0.2) is 25.3 Å². The first-order valence-electron chi connectivity index (χ1n) is 5.50. The maximum atomic E-state index is 10.9. The third-order valence-electron chi connectivity index (χ3n) is 2.86. The molecule has 0 aromatic rings. The monoisotopic (exact) mass is 212 g/mol. The maximum Gasteiger partial charge on any atom is 0.302 e. The van der Waals surface area contributed by atoms with Crippen LogP contribution in [0.25, 0.3) is 0 Å². The number of carbonyl (C=O) groups is 1. The van der Waals surface area contributed by atoms with Crippen LogP contribution in [-0.2, 0) is 14.3 Å². The summed E-state index contributed by atoms with van der Waals surface area (Å²) < 4.78 is 10.6. The molecule has 3 heteroatoms. The summed E-state index contributed by atoms with van der Waals surface area (Å²) in [4.78, 5) is 10.9. The van der Waals surface area contributed by atoms with E-state index in [1.165, 1.54) is 6.92 Å². The normalized spacial score (nSPS) is 31.8. The Kier molecular flexibility index (Phi) is 4.82. The summed E-state index contributed by atoms with van der Waals surface area (Å²) in [6.45, 7) is 3.48. The fourth-order valence-electron chi connectivity index (χ4n) is 2.18. The van der Waals surface area contributed by atoms with Crippen LogP contribution < -0.4 is 0 Å². The Morgan fingerprint density at radius 2 is 2.07 bits per heavy atom. The molecule has 0 spiro atoms. The van der Waals surface area contributed by atoms with E-state index in [9.17, 15) is 4.79 Å². The van der Waals surface area contributed by atoms with Gasteiger partial charge in [-0.25, -0.2) is 0 Å². The highest BCUT2D eigenvalue weighted by Crippen LogP contribution is 2.29. The molecule has 86 valence electrons. The van der Waals surface area contributed by atoms with Gasteiger partial charge in [0.15, 0.2) is 0 Å². The van der Waals surface area contributed by atoms with Crippen molar-refractivity contribution in [3.8, 4) is 0 Å². The summed E-state index contributed by atoms with van der Waals surface area (Å²) in [5.41, 5.74) is 0. The average molecular weight is 212 g/mol.